The summed E-state index contributed by atoms with van der Waals surface area (Å²) in [6.45, 7) is 5.48. The smallest absolute Gasteiger partial charge is 0.307 e. The van der Waals surface area contributed by atoms with Crippen LogP contribution in [0.5, 0.6) is 5.75 Å². The molecule has 0 spiro atoms. The SMILES string of the molecule is CCOC(=O)CCN(C)C/C=C/C(=O)Cc1cc2c(Nc3ccc(F)c(Cl)c3)ncnc2cc1OCC. The Labute approximate surface area is 220 Å². The number of nitrogens with zero attached hydrogens (tertiary/aromatic N) is 3. The molecule has 37 heavy (non-hydrogen) atoms. The second-order valence-corrected chi connectivity index (χ2v) is 8.66. The first-order chi connectivity index (χ1) is 17.8. The van der Waals surface area contributed by atoms with E-state index >= 15 is 0 Å². The van der Waals surface area contributed by atoms with Gasteiger partial charge >= 0.3 is 5.97 Å². The van der Waals surface area contributed by atoms with Crippen molar-refractivity contribution in [1.29, 1.82) is 0 Å². The van der Waals surface area contributed by atoms with Crippen LogP contribution < -0.4 is 10.1 Å². The maximum atomic E-state index is 13.6. The highest BCUT2D eigenvalue weighted by atomic mass is 35.5. The van der Waals surface area contributed by atoms with E-state index in [1.165, 1.54) is 24.5 Å². The molecule has 2 aromatic carbocycles. The third-order valence-electron chi connectivity index (χ3n) is 5.39. The zero-order valence-corrected chi connectivity index (χ0v) is 21.8. The van der Waals surface area contributed by atoms with E-state index in [4.69, 9.17) is 21.1 Å². The quantitative estimate of drug-likeness (QED) is 0.241. The molecule has 10 heteroatoms. The molecule has 3 aromatic rings. The second-order valence-electron chi connectivity index (χ2n) is 8.25. The Morgan fingerprint density at radius 2 is 1.97 bits per heavy atom. The van der Waals surface area contributed by atoms with E-state index in [2.05, 4.69) is 15.3 Å². The molecule has 0 saturated carbocycles. The average molecular weight is 529 g/mol. The number of allylic oxidation sites excluding steroid dienone is 1. The third kappa shape index (κ3) is 8.23. The maximum Gasteiger partial charge on any atom is 0.307 e. The van der Waals surface area contributed by atoms with E-state index in [1.54, 1.807) is 25.1 Å². The van der Waals surface area contributed by atoms with Gasteiger partial charge in [0.25, 0.3) is 0 Å². The zero-order valence-electron chi connectivity index (χ0n) is 21.1. The fraction of sp³-hybridized carbons (Fsp3) is 0.333. The first-order valence-corrected chi connectivity index (χ1v) is 12.3. The van der Waals surface area contributed by atoms with Crippen LogP contribution in [-0.2, 0) is 20.7 Å². The van der Waals surface area contributed by atoms with Gasteiger partial charge in [-0.25, -0.2) is 14.4 Å². The van der Waals surface area contributed by atoms with Crippen LogP contribution in [0, 0.1) is 5.82 Å². The number of fused-ring (bicyclic) bond motifs is 1. The van der Waals surface area contributed by atoms with Crippen LogP contribution in [0.15, 0.2) is 48.8 Å². The summed E-state index contributed by atoms with van der Waals surface area (Å²) in [5, 5.41) is 3.81. The highest BCUT2D eigenvalue weighted by molar-refractivity contribution is 6.31. The largest absolute Gasteiger partial charge is 0.494 e. The highest BCUT2D eigenvalue weighted by Gasteiger charge is 2.14. The normalized spacial score (nSPS) is 11.3. The number of aromatic nitrogens is 2. The van der Waals surface area contributed by atoms with Crippen molar-refractivity contribution in [1.82, 2.24) is 14.9 Å². The minimum absolute atomic E-state index is 0.00777. The Kier molecular flexibility index (Phi) is 10.3. The highest BCUT2D eigenvalue weighted by Crippen LogP contribution is 2.31. The summed E-state index contributed by atoms with van der Waals surface area (Å²) in [6, 6.07) is 7.90. The van der Waals surface area contributed by atoms with Crippen LogP contribution in [-0.4, -0.2) is 60.0 Å². The molecule has 0 aliphatic carbocycles. The zero-order chi connectivity index (χ0) is 26.8. The van der Waals surface area contributed by atoms with E-state index in [0.29, 0.717) is 66.4 Å². The van der Waals surface area contributed by atoms with Gasteiger partial charge in [0, 0.05) is 42.2 Å². The number of anilines is 2. The van der Waals surface area contributed by atoms with Gasteiger partial charge in [0.1, 0.15) is 23.7 Å². The number of hydrogen-bond acceptors (Lipinski definition) is 8. The molecule has 0 bridgehead atoms. The Bertz CT molecular complexity index is 1280. The fourth-order valence-corrected chi connectivity index (χ4v) is 3.76. The molecule has 1 N–H and O–H groups in total. The minimum atomic E-state index is -0.514. The molecule has 3 rings (SSSR count). The minimum Gasteiger partial charge on any atom is -0.494 e. The number of ether oxygens (including phenoxy) is 2. The summed E-state index contributed by atoms with van der Waals surface area (Å²) in [5.74, 6) is 0.200. The molecule has 0 unspecified atom stereocenters. The number of rotatable bonds is 13. The predicted molar refractivity (Wildman–Crippen MR) is 142 cm³/mol. The Morgan fingerprint density at radius 1 is 1.16 bits per heavy atom. The van der Waals surface area contributed by atoms with Crippen LogP contribution in [0.2, 0.25) is 5.02 Å². The van der Waals surface area contributed by atoms with Gasteiger partial charge in [-0.05, 0) is 51.2 Å². The lowest BCUT2D eigenvalue weighted by molar-refractivity contribution is -0.143. The van der Waals surface area contributed by atoms with Gasteiger partial charge in [0.2, 0.25) is 0 Å². The summed E-state index contributed by atoms with van der Waals surface area (Å²) in [7, 11) is 1.87. The van der Waals surface area contributed by atoms with Crippen molar-refractivity contribution >= 4 is 45.8 Å². The lowest BCUT2D eigenvalue weighted by atomic mass is 10.0. The lowest BCUT2D eigenvalue weighted by Crippen LogP contribution is -2.22. The van der Waals surface area contributed by atoms with Crippen molar-refractivity contribution in [3.63, 3.8) is 0 Å². The average Bonchev–Trinajstić information content (AvgIpc) is 2.86. The Balaban J connectivity index is 1.75. The summed E-state index contributed by atoms with van der Waals surface area (Å²) < 4.78 is 24.3. The molecular weight excluding hydrogens is 499 g/mol. The number of hydrogen-bond donors (Lipinski definition) is 1. The molecule has 0 aliphatic rings. The molecule has 0 saturated heterocycles. The van der Waals surface area contributed by atoms with E-state index in [0.717, 1.165) is 0 Å². The summed E-state index contributed by atoms with van der Waals surface area (Å²) >= 11 is 5.91. The van der Waals surface area contributed by atoms with Crippen molar-refractivity contribution in [3.05, 3.63) is 65.2 Å². The molecule has 1 aromatic heterocycles. The molecule has 0 amide bonds. The van der Waals surface area contributed by atoms with E-state index in [-0.39, 0.29) is 23.2 Å². The van der Waals surface area contributed by atoms with Crippen LogP contribution >= 0.6 is 11.6 Å². The summed E-state index contributed by atoms with van der Waals surface area (Å²) in [4.78, 5) is 34.8. The van der Waals surface area contributed by atoms with Crippen LogP contribution in [0.4, 0.5) is 15.9 Å². The number of carbonyl (C=O) groups excluding carboxylic acids is 2. The number of esters is 1. The maximum absolute atomic E-state index is 13.6. The van der Waals surface area contributed by atoms with E-state index in [9.17, 15) is 14.0 Å². The van der Waals surface area contributed by atoms with Gasteiger partial charge in [-0.3, -0.25) is 9.59 Å². The van der Waals surface area contributed by atoms with Crippen LogP contribution in [0.25, 0.3) is 10.9 Å². The van der Waals surface area contributed by atoms with Crippen molar-refractivity contribution in [2.45, 2.75) is 26.7 Å². The van der Waals surface area contributed by atoms with Crippen molar-refractivity contribution in [3.8, 4) is 5.75 Å². The topological polar surface area (TPSA) is 93.7 Å². The van der Waals surface area contributed by atoms with Crippen LogP contribution in [0.3, 0.4) is 0 Å². The lowest BCUT2D eigenvalue weighted by Gasteiger charge is -2.14. The van der Waals surface area contributed by atoms with Crippen molar-refractivity contribution < 1.29 is 23.5 Å². The number of ketones is 1. The molecule has 196 valence electrons. The second kappa shape index (κ2) is 13.7. The molecule has 0 radical (unpaired) electrons. The Hall–Kier alpha value is -3.56. The van der Waals surface area contributed by atoms with Gasteiger partial charge < -0.3 is 19.7 Å². The standard InChI is InChI=1S/C27H30ClFN4O4/c1-4-36-25-16-24-21(27(31-17-30-24)32-19-8-9-23(29)22(28)15-19)14-18(25)13-20(34)7-6-11-33(3)12-10-26(35)37-5-2/h6-9,14-17H,4-5,10-13H2,1-3H3,(H,30,31,32)/b7-6+. The molecule has 0 atom stereocenters. The summed E-state index contributed by atoms with van der Waals surface area (Å²) in [5.41, 5.74) is 1.88. The van der Waals surface area contributed by atoms with Crippen LogP contribution in [0.1, 0.15) is 25.8 Å². The fourth-order valence-electron chi connectivity index (χ4n) is 3.58. The predicted octanol–water partition coefficient (Wildman–Crippen LogP) is 5.12. The number of nitrogens with one attached hydrogen (secondary N) is 1. The van der Waals surface area contributed by atoms with Gasteiger partial charge in [0.05, 0.1) is 30.2 Å². The molecule has 1 heterocycles. The van der Waals surface area contributed by atoms with Gasteiger partial charge in [-0.1, -0.05) is 17.7 Å². The van der Waals surface area contributed by atoms with Crippen molar-refractivity contribution in [2.75, 3.05) is 38.7 Å². The summed E-state index contributed by atoms with van der Waals surface area (Å²) in [6.07, 6.45) is 5.12. The van der Waals surface area contributed by atoms with Gasteiger partial charge in [-0.15, -0.1) is 0 Å². The van der Waals surface area contributed by atoms with Gasteiger partial charge in [0.15, 0.2) is 5.78 Å². The molecule has 8 nitrogen and oxygen atoms in total. The first kappa shape index (κ1) is 28.0. The number of halogens is 2. The third-order valence-corrected chi connectivity index (χ3v) is 5.68. The number of carbonyl (C=O) groups is 2. The number of benzene rings is 2. The molecular formula is C27H30ClFN4O4. The first-order valence-electron chi connectivity index (χ1n) is 12.0. The van der Waals surface area contributed by atoms with Gasteiger partial charge in [-0.2, -0.15) is 0 Å². The monoisotopic (exact) mass is 528 g/mol. The van der Waals surface area contributed by atoms with E-state index < -0.39 is 5.82 Å². The molecule has 0 aliphatic heterocycles. The Morgan fingerprint density at radius 3 is 2.70 bits per heavy atom. The van der Waals surface area contributed by atoms with Crippen molar-refractivity contribution in [2.24, 2.45) is 0 Å². The molecule has 0 fully saturated rings. The van der Waals surface area contributed by atoms with E-state index in [1.807, 2.05) is 24.9 Å². The number of likely N-dealkylation sites (N-methyl/N-ethyl adjacent to an activating group) is 1.